The Bertz CT molecular complexity index is 867. The number of hydrazine groups is 1. The molecule has 0 aromatic heterocycles. The lowest BCUT2D eigenvalue weighted by molar-refractivity contribution is -0.384. The molecule has 0 aliphatic carbocycles. The number of hydrogen-bond acceptors (Lipinski definition) is 6. The zero-order valence-electron chi connectivity index (χ0n) is 16.3. The molecule has 9 heteroatoms. The number of nitro benzene ring substituents is 1. The van der Waals surface area contributed by atoms with E-state index in [4.69, 9.17) is 9.47 Å². The van der Waals surface area contributed by atoms with Crippen LogP contribution >= 0.6 is 0 Å². The molecular weight excluding hydrogens is 378 g/mol. The molecule has 29 heavy (non-hydrogen) atoms. The van der Waals surface area contributed by atoms with E-state index in [1.54, 1.807) is 18.2 Å². The van der Waals surface area contributed by atoms with Crippen molar-refractivity contribution >= 4 is 17.5 Å². The van der Waals surface area contributed by atoms with Gasteiger partial charge in [-0.15, -0.1) is 0 Å². The summed E-state index contributed by atoms with van der Waals surface area (Å²) < 4.78 is 11.3. The molecule has 2 amide bonds. The first-order valence-corrected chi connectivity index (χ1v) is 9.21. The molecule has 2 rings (SSSR count). The lowest BCUT2D eigenvalue weighted by Gasteiger charge is -2.14. The molecule has 0 aliphatic heterocycles. The topological polar surface area (TPSA) is 120 Å². The number of non-ortho nitro benzene ring substituents is 1. The Kier molecular flexibility index (Phi) is 7.96. The largest absolute Gasteiger partial charge is 0.490 e. The maximum atomic E-state index is 12.4. The first-order chi connectivity index (χ1) is 14.0. The van der Waals surface area contributed by atoms with Gasteiger partial charge < -0.3 is 9.47 Å². The first kappa shape index (κ1) is 21.7. The number of carbonyl (C=O) groups excluding carboxylic acids is 2. The summed E-state index contributed by atoms with van der Waals surface area (Å²) in [5.41, 5.74) is 4.91. The fourth-order valence-corrected chi connectivity index (χ4v) is 2.30. The molecule has 0 spiro atoms. The van der Waals surface area contributed by atoms with Crippen LogP contribution in [0.3, 0.4) is 0 Å². The van der Waals surface area contributed by atoms with Crippen LogP contribution in [0.4, 0.5) is 5.69 Å². The maximum absolute atomic E-state index is 12.4. The van der Waals surface area contributed by atoms with Gasteiger partial charge in [-0.05, 0) is 43.2 Å². The second-order valence-corrected chi connectivity index (χ2v) is 6.07. The lowest BCUT2D eigenvalue weighted by atomic mass is 10.2. The van der Waals surface area contributed by atoms with E-state index in [-0.39, 0.29) is 16.8 Å². The van der Waals surface area contributed by atoms with Crippen LogP contribution in [0.2, 0.25) is 0 Å². The summed E-state index contributed by atoms with van der Waals surface area (Å²) in [4.78, 5) is 34.6. The van der Waals surface area contributed by atoms with E-state index in [0.717, 1.165) is 12.8 Å². The molecule has 2 N–H and O–H groups in total. The van der Waals surface area contributed by atoms with Crippen molar-refractivity contribution in [2.24, 2.45) is 0 Å². The van der Waals surface area contributed by atoms with Gasteiger partial charge in [0, 0.05) is 23.3 Å². The van der Waals surface area contributed by atoms with E-state index >= 15 is 0 Å². The first-order valence-electron chi connectivity index (χ1n) is 9.21. The number of benzene rings is 2. The van der Waals surface area contributed by atoms with E-state index in [0.29, 0.717) is 24.7 Å². The number of nitrogens with zero attached hydrogens (tertiary/aromatic N) is 1. The molecule has 0 bridgehead atoms. The minimum Gasteiger partial charge on any atom is -0.490 e. The Morgan fingerprint density at radius 3 is 1.93 bits per heavy atom. The van der Waals surface area contributed by atoms with Crippen LogP contribution in [0, 0.1) is 10.1 Å². The molecular formula is C20H23N3O6. The van der Waals surface area contributed by atoms with Crippen LogP contribution in [0.5, 0.6) is 11.5 Å². The molecule has 0 radical (unpaired) electrons. The zero-order chi connectivity index (χ0) is 21.2. The SMILES string of the molecule is CCCOc1ccc(C(=O)NNC(=O)c2ccc([N+](=O)[O-])cc2)cc1OCCC. The van der Waals surface area contributed by atoms with Crippen LogP contribution in [0.1, 0.15) is 47.4 Å². The summed E-state index contributed by atoms with van der Waals surface area (Å²) in [6.45, 7) is 4.96. The molecule has 0 heterocycles. The summed E-state index contributed by atoms with van der Waals surface area (Å²) in [5, 5.41) is 10.7. The Hall–Kier alpha value is -3.62. The van der Waals surface area contributed by atoms with Gasteiger partial charge in [0.25, 0.3) is 17.5 Å². The number of amides is 2. The number of nitrogens with one attached hydrogen (secondary N) is 2. The number of carbonyl (C=O) groups is 2. The summed E-state index contributed by atoms with van der Waals surface area (Å²) in [6.07, 6.45) is 1.64. The Morgan fingerprint density at radius 1 is 0.862 bits per heavy atom. The summed E-state index contributed by atoms with van der Waals surface area (Å²) in [7, 11) is 0. The van der Waals surface area contributed by atoms with Gasteiger partial charge in [-0.1, -0.05) is 13.8 Å². The third-order valence-electron chi connectivity index (χ3n) is 3.76. The van der Waals surface area contributed by atoms with Crippen LogP contribution in [0.25, 0.3) is 0 Å². The number of nitro groups is 1. The number of hydrogen-bond donors (Lipinski definition) is 2. The second kappa shape index (κ2) is 10.6. The summed E-state index contributed by atoms with van der Waals surface area (Å²) >= 11 is 0. The van der Waals surface area contributed by atoms with E-state index in [2.05, 4.69) is 10.9 Å². The number of rotatable bonds is 9. The standard InChI is InChI=1S/C20H23N3O6/c1-3-11-28-17-10-7-15(13-18(17)29-12-4-2)20(25)22-21-19(24)14-5-8-16(9-6-14)23(26)27/h5-10,13H,3-4,11-12H2,1-2H3,(H,21,24)(H,22,25). The van der Waals surface area contributed by atoms with Crippen LogP contribution in [-0.2, 0) is 0 Å². The van der Waals surface area contributed by atoms with E-state index in [9.17, 15) is 19.7 Å². The minimum absolute atomic E-state index is 0.129. The predicted molar refractivity (Wildman–Crippen MR) is 106 cm³/mol. The highest BCUT2D eigenvalue weighted by Crippen LogP contribution is 2.28. The quantitative estimate of drug-likeness (QED) is 0.492. The highest BCUT2D eigenvalue weighted by molar-refractivity contribution is 5.99. The zero-order valence-corrected chi connectivity index (χ0v) is 16.3. The van der Waals surface area contributed by atoms with Crippen molar-refractivity contribution in [1.29, 1.82) is 0 Å². The van der Waals surface area contributed by atoms with Crippen LogP contribution in [0.15, 0.2) is 42.5 Å². The highest BCUT2D eigenvalue weighted by atomic mass is 16.6. The highest BCUT2D eigenvalue weighted by Gasteiger charge is 2.14. The van der Waals surface area contributed by atoms with Crippen molar-refractivity contribution in [1.82, 2.24) is 10.9 Å². The van der Waals surface area contributed by atoms with Crippen molar-refractivity contribution in [2.45, 2.75) is 26.7 Å². The van der Waals surface area contributed by atoms with Gasteiger partial charge in [0.05, 0.1) is 18.1 Å². The van der Waals surface area contributed by atoms with Crippen LogP contribution in [-0.4, -0.2) is 30.0 Å². The van der Waals surface area contributed by atoms with Crippen LogP contribution < -0.4 is 20.3 Å². The average molecular weight is 401 g/mol. The van der Waals surface area contributed by atoms with E-state index in [1.165, 1.54) is 24.3 Å². The van der Waals surface area contributed by atoms with Crippen molar-refractivity contribution in [3.8, 4) is 11.5 Å². The molecule has 0 saturated heterocycles. The molecule has 0 fully saturated rings. The Labute approximate surface area is 168 Å². The monoisotopic (exact) mass is 401 g/mol. The van der Waals surface area contributed by atoms with Gasteiger partial charge >= 0.3 is 0 Å². The molecule has 0 unspecified atom stereocenters. The molecule has 2 aromatic rings. The summed E-state index contributed by atoms with van der Waals surface area (Å²) in [5.74, 6) is -0.135. The Balaban J connectivity index is 2.03. The van der Waals surface area contributed by atoms with Gasteiger partial charge in [0.15, 0.2) is 11.5 Å². The van der Waals surface area contributed by atoms with Crippen molar-refractivity contribution < 1.29 is 24.0 Å². The number of ether oxygens (including phenoxy) is 2. The smallest absolute Gasteiger partial charge is 0.269 e. The van der Waals surface area contributed by atoms with E-state index < -0.39 is 16.7 Å². The maximum Gasteiger partial charge on any atom is 0.269 e. The van der Waals surface area contributed by atoms with Gasteiger partial charge in [0.2, 0.25) is 0 Å². The van der Waals surface area contributed by atoms with Crippen molar-refractivity contribution in [3.63, 3.8) is 0 Å². The van der Waals surface area contributed by atoms with E-state index in [1.807, 2.05) is 13.8 Å². The van der Waals surface area contributed by atoms with Crippen molar-refractivity contribution in [3.05, 3.63) is 63.7 Å². The van der Waals surface area contributed by atoms with Gasteiger partial charge in [-0.2, -0.15) is 0 Å². The van der Waals surface area contributed by atoms with Gasteiger partial charge in [-0.25, -0.2) is 0 Å². The third kappa shape index (κ3) is 6.20. The van der Waals surface area contributed by atoms with Crippen molar-refractivity contribution in [2.75, 3.05) is 13.2 Å². The van der Waals surface area contributed by atoms with Gasteiger partial charge in [0.1, 0.15) is 0 Å². The molecule has 0 saturated carbocycles. The minimum atomic E-state index is -0.599. The second-order valence-electron chi connectivity index (χ2n) is 6.07. The third-order valence-corrected chi connectivity index (χ3v) is 3.76. The average Bonchev–Trinajstić information content (AvgIpc) is 2.74. The molecule has 154 valence electrons. The fourth-order valence-electron chi connectivity index (χ4n) is 2.30. The lowest BCUT2D eigenvalue weighted by Crippen LogP contribution is -2.41. The molecule has 9 nitrogen and oxygen atoms in total. The predicted octanol–water partition coefficient (Wildman–Crippen LogP) is 3.25. The molecule has 0 aliphatic rings. The fraction of sp³-hybridized carbons (Fsp3) is 0.300. The van der Waals surface area contributed by atoms with Gasteiger partial charge in [-0.3, -0.25) is 30.6 Å². The molecule has 2 aromatic carbocycles. The normalized spacial score (nSPS) is 10.1. The molecule has 0 atom stereocenters. The Morgan fingerprint density at radius 2 is 1.38 bits per heavy atom. The summed E-state index contributed by atoms with van der Waals surface area (Å²) in [6, 6.07) is 9.79.